The van der Waals surface area contributed by atoms with Crippen molar-refractivity contribution in [2.45, 2.75) is 39.5 Å². The Balaban J connectivity index is 4.58. The molecule has 0 aliphatic heterocycles. The lowest BCUT2D eigenvalue weighted by atomic mass is 10.4. The summed E-state index contributed by atoms with van der Waals surface area (Å²) in [4.78, 5) is 23.0. The predicted octanol–water partition coefficient (Wildman–Crippen LogP) is -2.05. The molecule has 0 bridgehead atoms. The lowest BCUT2D eigenvalue weighted by Crippen LogP contribution is -2.52. The largest absolute Gasteiger partial charge is 0.374 e. The smallest absolute Gasteiger partial charge is 0.316 e. The molecule has 0 saturated heterocycles. The molecule has 0 aliphatic carbocycles. The molecule has 0 radical (unpaired) electrons. The number of hydrogen-bond acceptors (Lipinski definition) is 5. The van der Waals surface area contributed by atoms with Gasteiger partial charge in [0.1, 0.15) is 18.7 Å². The van der Waals surface area contributed by atoms with Gasteiger partial charge in [0, 0.05) is 0 Å². The first kappa shape index (κ1) is 13.8. The zero-order valence-corrected chi connectivity index (χ0v) is 8.84. The van der Waals surface area contributed by atoms with Crippen LogP contribution in [0.2, 0.25) is 0 Å². The normalized spacial score (nSPS) is 16.4. The van der Waals surface area contributed by atoms with Crippen LogP contribution in [0.1, 0.15) is 20.8 Å². The van der Waals surface area contributed by atoms with Crippen molar-refractivity contribution in [3.8, 4) is 0 Å². The molecule has 0 aromatic heterocycles. The van der Waals surface area contributed by atoms with Gasteiger partial charge in [-0.25, -0.2) is 0 Å². The average Bonchev–Trinajstić information content (AvgIpc) is 2.00. The summed E-state index contributed by atoms with van der Waals surface area (Å²) in [6.07, 6.45) is -3.76. The Hall–Kier alpha value is -1.18. The maximum absolute atomic E-state index is 11.3. The number of carbonyl (C=O) groups is 2. The van der Waals surface area contributed by atoms with Gasteiger partial charge in [0.25, 0.3) is 0 Å². The van der Waals surface area contributed by atoms with E-state index in [-0.39, 0.29) is 0 Å². The van der Waals surface area contributed by atoms with E-state index in [1.807, 2.05) is 5.32 Å². The minimum atomic E-state index is -1.29. The van der Waals surface area contributed by atoms with E-state index in [9.17, 15) is 9.59 Å². The molecule has 0 saturated carbocycles. The van der Waals surface area contributed by atoms with Crippen LogP contribution in [0.15, 0.2) is 0 Å². The molecule has 4 N–H and O–H groups in total. The predicted molar refractivity (Wildman–Crippen MR) is 50.0 cm³/mol. The molecule has 15 heavy (non-hydrogen) atoms. The van der Waals surface area contributed by atoms with Crippen LogP contribution in [0.3, 0.4) is 0 Å². The molecule has 0 heterocycles. The summed E-state index contributed by atoms with van der Waals surface area (Å²) >= 11 is 0. The van der Waals surface area contributed by atoms with Gasteiger partial charge in [-0.05, 0) is 20.8 Å². The first-order valence-corrected chi connectivity index (χ1v) is 4.44. The highest BCUT2D eigenvalue weighted by Gasteiger charge is 2.28. The van der Waals surface area contributed by atoms with Crippen LogP contribution in [0.4, 0.5) is 0 Å². The second-order valence-corrected chi connectivity index (χ2v) is 3.13. The summed E-state index contributed by atoms with van der Waals surface area (Å²) in [5.41, 5.74) is 0. The highest BCUT2D eigenvalue weighted by molar-refractivity contribution is 6.35. The van der Waals surface area contributed by atoms with E-state index in [2.05, 4.69) is 0 Å². The fourth-order valence-electron chi connectivity index (χ4n) is 1.02. The second kappa shape index (κ2) is 5.64. The molecule has 0 aromatic rings. The Morgan fingerprint density at radius 2 is 1.47 bits per heavy atom. The van der Waals surface area contributed by atoms with Crippen molar-refractivity contribution in [2.24, 2.45) is 0 Å². The third-order valence-corrected chi connectivity index (χ3v) is 1.57. The Bertz CT molecular complexity index is 231. The lowest BCUT2D eigenvalue weighted by Gasteiger charge is -2.27. The number of nitrogens with zero attached hydrogens (tertiary/aromatic N) is 1. The second-order valence-electron chi connectivity index (χ2n) is 3.13. The third-order valence-electron chi connectivity index (χ3n) is 1.57. The van der Waals surface area contributed by atoms with Crippen molar-refractivity contribution >= 4 is 11.8 Å². The summed E-state index contributed by atoms with van der Waals surface area (Å²) in [5.74, 6) is -2.20. The molecular weight excluding hydrogens is 204 g/mol. The van der Waals surface area contributed by atoms with Crippen LogP contribution in [-0.2, 0) is 9.59 Å². The maximum atomic E-state index is 11.3. The molecule has 2 amide bonds. The molecule has 7 heteroatoms. The van der Waals surface area contributed by atoms with E-state index in [1.165, 1.54) is 20.8 Å². The fraction of sp³-hybridized carbons (Fsp3) is 0.750. The Morgan fingerprint density at radius 1 is 1.07 bits per heavy atom. The molecule has 0 aromatic carbocycles. The summed E-state index contributed by atoms with van der Waals surface area (Å²) < 4.78 is 0. The highest BCUT2D eigenvalue weighted by atomic mass is 16.3. The Kier molecular flexibility index (Phi) is 5.20. The zero-order chi connectivity index (χ0) is 12.2. The Morgan fingerprint density at radius 3 is 1.73 bits per heavy atom. The lowest BCUT2D eigenvalue weighted by molar-refractivity contribution is -0.164. The van der Waals surface area contributed by atoms with Crippen LogP contribution in [0.25, 0.3) is 0 Å². The van der Waals surface area contributed by atoms with Gasteiger partial charge < -0.3 is 20.6 Å². The first-order chi connectivity index (χ1) is 6.77. The van der Waals surface area contributed by atoms with E-state index in [0.29, 0.717) is 4.90 Å². The van der Waals surface area contributed by atoms with Gasteiger partial charge in [-0.1, -0.05) is 0 Å². The number of amides is 2. The van der Waals surface area contributed by atoms with Gasteiger partial charge in [0.05, 0.1) is 0 Å². The van der Waals surface area contributed by atoms with Gasteiger partial charge in [-0.2, -0.15) is 0 Å². The van der Waals surface area contributed by atoms with E-state index in [4.69, 9.17) is 15.3 Å². The summed E-state index contributed by atoms with van der Waals surface area (Å²) in [6, 6.07) is 0. The minimum Gasteiger partial charge on any atom is -0.374 e. The van der Waals surface area contributed by atoms with Crippen LogP contribution in [0, 0.1) is 0 Å². The number of nitrogens with one attached hydrogen (secondary N) is 1. The summed E-state index contributed by atoms with van der Waals surface area (Å²) in [7, 11) is 0. The van der Waals surface area contributed by atoms with Crippen molar-refractivity contribution in [3.63, 3.8) is 0 Å². The monoisotopic (exact) mass is 220 g/mol. The van der Waals surface area contributed by atoms with Crippen molar-refractivity contribution in [1.29, 1.82) is 0 Å². The number of rotatable bonds is 3. The van der Waals surface area contributed by atoms with E-state index >= 15 is 0 Å². The third kappa shape index (κ3) is 4.24. The van der Waals surface area contributed by atoms with Crippen LogP contribution >= 0.6 is 0 Å². The van der Waals surface area contributed by atoms with Crippen molar-refractivity contribution in [2.75, 3.05) is 0 Å². The molecule has 0 aliphatic rings. The van der Waals surface area contributed by atoms with Crippen molar-refractivity contribution in [1.82, 2.24) is 10.2 Å². The Labute approximate surface area is 87.3 Å². The van der Waals surface area contributed by atoms with E-state index < -0.39 is 30.5 Å². The molecule has 7 nitrogen and oxygen atoms in total. The summed E-state index contributed by atoms with van der Waals surface area (Å²) in [5, 5.41) is 29.0. The molecular formula is C8H16N2O5. The average molecular weight is 220 g/mol. The van der Waals surface area contributed by atoms with Gasteiger partial charge in [0.2, 0.25) is 0 Å². The van der Waals surface area contributed by atoms with Gasteiger partial charge >= 0.3 is 11.8 Å². The SMILES string of the molecule is CC(O)NC(=O)C(=O)N(C(C)O)C(C)O. The van der Waals surface area contributed by atoms with Crippen molar-refractivity contribution in [3.05, 3.63) is 0 Å². The van der Waals surface area contributed by atoms with Gasteiger partial charge in [-0.3, -0.25) is 14.5 Å². The van der Waals surface area contributed by atoms with Gasteiger partial charge in [0.15, 0.2) is 0 Å². The van der Waals surface area contributed by atoms with E-state index in [1.54, 1.807) is 0 Å². The standard InChI is InChI=1S/C8H16N2O5/c1-4(11)9-7(14)8(15)10(5(2)12)6(3)13/h4-6,11-13H,1-3H3,(H,9,14). The number of aliphatic hydroxyl groups is 3. The molecule has 3 atom stereocenters. The molecule has 88 valence electrons. The molecule has 3 unspecified atom stereocenters. The van der Waals surface area contributed by atoms with Crippen LogP contribution < -0.4 is 5.32 Å². The highest BCUT2D eigenvalue weighted by Crippen LogP contribution is 2.01. The summed E-state index contributed by atoms with van der Waals surface area (Å²) in [6.45, 7) is 3.74. The molecule has 0 rings (SSSR count). The topological polar surface area (TPSA) is 110 Å². The first-order valence-electron chi connectivity index (χ1n) is 4.44. The van der Waals surface area contributed by atoms with Crippen molar-refractivity contribution < 1.29 is 24.9 Å². The molecule has 0 spiro atoms. The number of hydrogen-bond donors (Lipinski definition) is 4. The number of aliphatic hydroxyl groups excluding tert-OH is 3. The fourth-order valence-corrected chi connectivity index (χ4v) is 1.02. The van der Waals surface area contributed by atoms with E-state index in [0.717, 1.165) is 0 Å². The minimum absolute atomic E-state index is 0.581. The molecule has 0 fully saturated rings. The quantitative estimate of drug-likeness (QED) is 0.323. The van der Waals surface area contributed by atoms with Crippen LogP contribution in [0.5, 0.6) is 0 Å². The van der Waals surface area contributed by atoms with Crippen LogP contribution in [-0.4, -0.2) is 50.7 Å². The number of carbonyl (C=O) groups excluding carboxylic acids is 2. The zero-order valence-electron chi connectivity index (χ0n) is 8.84. The van der Waals surface area contributed by atoms with Gasteiger partial charge in [-0.15, -0.1) is 0 Å². The maximum Gasteiger partial charge on any atom is 0.316 e.